The molecule has 1 aromatic carbocycles. The number of rotatable bonds is 12. The molecule has 7 heterocycles. The van der Waals surface area contributed by atoms with Crippen LogP contribution in [0.25, 0.3) is 10.9 Å². The Labute approximate surface area is 342 Å². The number of H-pyrrole nitrogens is 1. The monoisotopic (exact) mass is 858 g/mol. The number of aliphatic carboxylic acids is 2. The van der Waals surface area contributed by atoms with Gasteiger partial charge in [-0.2, -0.15) is 0 Å². The summed E-state index contributed by atoms with van der Waals surface area (Å²) >= 11 is 8.44. The summed E-state index contributed by atoms with van der Waals surface area (Å²) in [6, 6.07) is -0.0110. The first-order chi connectivity index (χ1) is 27.3. The van der Waals surface area contributed by atoms with Gasteiger partial charge in [-0.15, -0.1) is 23.1 Å². The molecule has 3 aromatic rings. The number of quaternary nitrogens is 1. The highest BCUT2D eigenvalue weighted by atomic mass is 35.5. The van der Waals surface area contributed by atoms with Crippen molar-refractivity contribution in [3.05, 3.63) is 55.4 Å². The number of halogens is 1. The first-order valence-electron chi connectivity index (χ1n) is 18.1. The minimum absolute atomic E-state index is 0.00883. The summed E-state index contributed by atoms with van der Waals surface area (Å²) in [5.74, 6) is -6.24. The molecule has 5 aliphatic rings. The summed E-state index contributed by atoms with van der Waals surface area (Å²) in [4.78, 5) is 91.0. The summed E-state index contributed by atoms with van der Waals surface area (Å²) in [6.45, 7) is 6.96. The topological polar surface area (TPSA) is 290 Å². The van der Waals surface area contributed by atoms with Crippen LogP contribution < -0.4 is 26.9 Å². The number of thioether (sulfide) groups is 1. The van der Waals surface area contributed by atoms with Crippen LogP contribution in [0.2, 0.25) is 5.02 Å². The van der Waals surface area contributed by atoms with Crippen LogP contribution in [0.5, 0.6) is 11.5 Å². The number of thiazole rings is 1. The largest absolute Gasteiger partial charge is 0.543 e. The number of carbonyl (C=O) groups is 5. The summed E-state index contributed by atoms with van der Waals surface area (Å²) in [5.41, 5.74) is 2.81. The number of phenols is 2. The van der Waals surface area contributed by atoms with Crippen molar-refractivity contribution in [2.45, 2.75) is 62.3 Å². The van der Waals surface area contributed by atoms with Crippen LogP contribution in [0.1, 0.15) is 56.1 Å². The van der Waals surface area contributed by atoms with Crippen LogP contribution in [-0.4, -0.2) is 125 Å². The third-order valence-corrected chi connectivity index (χ3v) is 14.0. The Morgan fingerprint density at radius 2 is 1.88 bits per heavy atom. The second-order valence-corrected chi connectivity index (χ2v) is 18.3. The number of carbonyl (C=O) groups excluding carboxylic acids is 4. The van der Waals surface area contributed by atoms with E-state index in [0.717, 1.165) is 22.3 Å². The third kappa shape index (κ3) is 7.09. The fraction of sp³-hybridized carbons (Fsp3) is 0.444. The number of fused-ring (bicyclic) bond motifs is 5. The quantitative estimate of drug-likeness (QED) is 0.0428. The number of amides is 3. The number of aromatic hydroxyl groups is 2. The van der Waals surface area contributed by atoms with Gasteiger partial charge in [0.1, 0.15) is 29.2 Å². The molecule has 0 saturated carbocycles. The van der Waals surface area contributed by atoms with E-state index >= 15 is 0 Å². The lowest BCUT2D eigenvalue weighted by Crippen LogP contribution is -2.72. The van der Waals surface area contributed by atoms with E-state index in [1.165, 1.54) is 37.2 Å². The van der Waals surface area contributed by atoms with Crippen LogP contribution in [0, 0.1) is 5.41 Å². The van der Waals surface area contributed by atoms with Gasteiger partial charge < -0.3 is 55.9 Å². The number of benzene rings is 1. The maximum Gasteiger partial charge on any atom is 0.350 e. The number of phenolic OH excluding ortho intramolecular Hbond substituents is 2. The van der Waals surface area contributed by atoms with Crippen LogP contribution in [0.4, 0.5) is 5.13 Å². The average molecular weight is 859 g/mol. The Kier molecular flexibility index (Phi) is 10.4. The number of piperidine rings is 3. The van der Waals surface area contributed by atoms with Gasteiger partial charge in [0.2, 0.25) is 11.0 Å². The molecule has 8 N–H and O–H groups in total. The maximum atomic E-state index is 13.6. The van der Waals surface area contributed by atoms with E-state index in [-0.39, 0.29) is 48.7 Å². The van der Waals surface area contributed by atoms with E-state index in [2.05, 4.69) is 25.8 Å². The van der Waals surface area contributed by atoms with Crippen molar-refractivity contribution in [1.82, 2.24) is 25.5 Å². The Balaban J connectivity index is 1.02. The SMILES string of the molecule is C[C@@H]1S[C@@H]2[C@H](NC(=O)/C(=N\OC(C)(C)C(=O)O)c3csc(N)n3)C(=O)N2C(C(=O)[O-])=C1C[N+]12CCC(CNC(=O)c3c[nH]c4cc(O)c(O)c(Cl)c4c3=O)(CC1)CC2. The highest BCUT2D eigenvalue weighted by molar-refractivity contribution is 8.00. The van der Waals surface area contributed by atoms with Gasteiger partial charge >= 0.3 is 5.97 Å². The van der Waals surface area contributed by atoms with Gasteiger partial charge in [0, 0.05) is 59.7 Å². The number of nitrogens with two attached hydrogens (primary N) is 1. The lowest BCUT2D eigenvalue weighted by molar-refractivity contribution is -0.941. The van der Waals surface area contributed by atoms with Crippen molar-refractivity contribution in [2.24, 2.45) is 10.6 Å². The number of anilines is 1. The van der Waals surface area contributed by atoms with Crippen LogP contribution >= 0.6 is 34.7 Å². The highest BCUT2D eigenvalue weighted by Crippen LogP contribution is 2.48. The third-order valence-electron chi connectivity index (χ3n) is 11.6. The van der Waals surface area contributed by atoms with Gasteiger partial charge in [-0.3, -0.25) is 24.1 Å². The molecule has 2 bridgehead atoms. The molecular weight excluding hydrogens is 820 g/mol. The van der Waals surface area contributed by atoms with Gasteiger partial charge in [0.05, 0.1) is 47.2 Å². The van der Waals surface area contributed by atoms with E-state index in [9.17, 15) is 49.2 Å². The van der Waals surface area contributed by atoms with E-state index < -0.39 is 69.3 Å². The van der Waals surface area contributed by atoms with Crippen molar-refractivity contribution in [3.8, 4) is 11.5 Å². The Bertz CT molecular complexity index is 2390. The molecule has 58 heavy (non-hydrogen) atoms. The number of hydrogen-bond donors (Lipinski definition) is 7. The first-order valence-corrected chi connectivity index (χ1v) is 20.3. The van der Waals surface area contributed by atoms with Crippen LogP contribution in [0.3, 0.4) is 0 Å². The Morgan fingerprint density at radius 3 is 2.48 bits per heavy atom. The number of pyridine rings is 1. The van der Waals surface area contributed by atoms with Crippen molar-refractivity contribution in [3.63, 3.8) is 0 Å². The number of aromatic nitrogens is 2. The molecule has 19 nitrogen and oxygen atoms in total. The lowest BCUT2D eigenvalue weighted by atomic mass is 9.70. The molecule has 2 aromatic heterocycles. The van der Waals surface area contributed by atoms with Crippen molar-refractivity contribution in [1.29, 1.82) is 0 Å². The van der Waals surface area contributed by atoms with Crippen molar-refractivity contribution < 1.29 is 53.7 Å². The molecule has 0 aliphatic carbocycles. The predicted octanol–water partition coefficient (Wildman–Crippen LogP) is 0.438. The summed E-state index contributed by atoms with van der Waals surface area (Å²) in [6.07, 6.45) is 3.35. The predicted molar refractivity (Wildman–Crippen MR) is 209 cm³/mol. The Hall–Kier alpha value is -5.38. The van der Waals surface area contributed by atoms with E-state index in [0.29, 0.717) is 62.0 Å². The minimum Gasteiger partial charge on any atom is -0.543 e. The molecule has 3 amide bonds. The standard InChI is InChI=1S/C36H39ClN8O11S2/c1-15-17(12-45-7-4-36(5-8-45,6-9-45)14-40-28(49)16-11-39-18-10-20(46)27(48)22(37)21(18)26(16)47)25(32(52)53)44-30(51)24(31(44)58-15)42-29(50)23(19-13-57-34(38)41-19)43-56-35(2,3)33(54)55/h10-11,13,15,24,31H,4-9,12,14H2,1-3H3,(H8-,38,39,40,41,42,43,46,47,48,49,50,52,53,54,55)/t15-,24+,31+,36?,45?/m0/s1. The van der Waals surface area contributed by atoms with Gasteiger partial charge in [0.15, 0.2) is 22.3 Å². The fourth-order valence-electron chi connectivity index (χ4n) is 7.90. The van der Waals surface area contributed by atoms with Gasteiger partial charge in [-0.05, 0) is 20.8 Å². The normalized spacial score (nSPS) is 25.6. The first kappa shape index (κ1) is 40.8. The number of hydrogen-bond acceptors (Lipinski definition) is 15. The second kappa shape index (κ2) is 14.8. The molecule has 0 radical (unpaired) electrons. The van der Waals surface area contributed by atoms with Gasteiger partial charge in [-0.1, -0.05) is 16.8 Å². The summed E-state index contributed by atoms with van der Waals surface area (Å²) in [7, 11) is 0. The van der Waals surface area contributed by atoms with E-state index in [4.69, 9.17) is 22.2 Å². The summed E-state index contributed by atoms with van der Waals surface area (Å²) < 4.78 is 0.571. The second-order valence-electron chi connectivity index (χ2n) is 15.5. The lowest BCUT2D eigenvalue weighted by Gasteiger charge is -2.57. The molecule has 308 valence electrons. The molecule has 4 fully saturated rings. The number of nitrogens with zero attached hydrogens (tertiary/aromatic N) is 4. The number of β-lactam (4-membered cyclic amide) rings is 1. The molecular formula is C36H39ClN8O11S2. The number of nitrogens with one attached hydrogen (secondary N) is 3. The van der Waals surface area contributed by atoms with Crippen LogP contribution in [-0.2, 0) is 24.0 Å². The minimum atomic E-state index is -1.81. The van der Waals surface area contributed by atoms with Gasteiger partial charge in [-0.25, -0.2) is 9.78 Å². The molecule has 22 heteroatoms. The zero-order valence-corrected chi connectivity index (χ0v) is 33.7. The number of carboxylic acids is 2. The number of aromatic amines is 1. The Morgan fingerprint density at radius 1 is 1.21 bits per heavy atom. The van der Waals surface area contributed by atoms with Crippen LogP contribution in [0.15, 0.2) is 38.9 Å². The molecule has 0 unspecified atom stereocenters. The smallest absolute Gasteiger partial charge is 0.350 e. The highest BCUT2D eigenvalue weighted by Gasteiger charge is 2.56. The molecule has 3 atom stereocenters. The van der Waals surface area contributed by atoms with Crippen molar-refractivity contribution in [2.75, 3.05) is 38.5 Å². The molecule has 4 saturated heterocycles. The average Bonchev–Trinajstić information content (AvgIpc) is 3.61. The number of carboxylic acid groups (broad SMARTS) is 2. The zero-order valence-electron chi connectivity index (χ0n) is 31.3. The summed E-state index contributed by atoms with van der Waals surface area (Å²) in [5, 5.41) is 51.2. The zero-order chi connectivity index (χ0) is 42.1. The maximum absolute atomic E-state index is 13.6. The van der Waals surface area contributed by atoms with Gasteiger partial charge in [0.25, 0.3) is 17.7 Å². The fourth-order valence-corrected chi connectivity index (χ4v) is 10.2. The number of oxime groups is 1. The molecule has 8 rings (SSSR count). The van der Waals surface area contributed by atoms with E-state index in [1.54, 1.807) is 0 Å². The van der Waals surface area contributed by atoms with E-state index in [1.807, 2.05) is 6.92 Å². The molecule has 5 aliphatic heterocycles. The van der Waals surface area contributed by atoms with Crippen molar-refractivity contribution >= 4 is 86.1 Å². The molecule has 0 spiro atoms. The number of nitrogen functional groups attached to an aromatic ring is 1.